The van der Waals surface area contributed by atoms with Crippen molar-refractivity contribution in [3.05, 3.63) is 35.9 Å². The number of carboxylic acids is 7. The Morgan fingerprint density at radius 1 is 0.610 bits per heavy atom. The number of nitrogens with two attached hydrogens (primary N) is 4. The Hall–Kier alpha value is -3.39. The van der Waals surface area contributed by atoms with Crippen LogP contribution in [-0.4, -0.2) is 124 Å². The van der Waals surface area contributed by atoms with Crippen LogP contribution in [0.15, 0.2) is 30.3 Å². The summed E-state index contributed by atoms with van der Waals surface area (Å²) in [4.78, 5) is 69.1. The van der Waals surface area contributed by atoms with Crippen LogP contribution in [0.25, 0.3) is 0 Å². The second kappa shape index (κ2) is 25.6. The van der Waals surface area contributed by atoms with Crippen LogP contribution in [0.3, 0.4) is 0 Å². The second-order valence-electron chi connectivity index (χ2n) is 7.53. The van der Waals surface area contributed by atoms with Gasteiger partial charge in [-0.1, -0.05) is 30.3 Å². The molecule has 1 aromatic carbocycles. The molecule has 0 unspecified atom stereocenters. The minimum Gasteiger partial charge on any atom is -0.550 e. The van der Waals surface area contributed by atoms with Gasteiger partial charge >= 0.3 is 63.0 Å². The van der Waals surface area contributed by atoms with Gasteiger partial charge in [-0.2, -0.15) is 0 Å². The van der Waals surface area contributed by atoms with E-state index in [1.165, 1.54) is 0 Å². The van der Waals surface area contributed by atoms with Gasteiger partial charge in [0.2, 0.25) is 0 Å². The molecule has 0 radical (unpaired) electrons. The monoisotopic (exact) mass is 616 g/mol. The van der Waals surface area contributed by atoms with Crippen LogP contribution in [0, 0.1) is 0 Å². The summed E-state index contributed by atoms with van der Waals surface area (Å²) < 4.78 is 0. The fourth-order valence-corrected chi connectivity index (χ4v) is 1.89. The molecule has 0 aromatic heterocycles. The van der Waals surface area contributed by atoms with Crippen LogP contribution in [0.5, 0.6) is 0 Å². The summed E-state index contributed by atoms with van der Waals surface area (Å²) in [5.41, 5.74) is 20.9. The number of benzene rings is 1. The molecular weight excluding hydrogens is 584 g/mol. The van der Waals surface area contributed by atoms with E-state index in [4.69, 9.17) is 43.4 Å². The van der Waals surface area contributed by atoms with Crippen molar-refractivity contribution >= 4 is 79.5 Å². The number of carboxylic acid groups (broad SMARTS) is 7. The Morgan fingerprint density at radius 2 is 0.951 bits per heavy atom. The van der Waals surface area contributed by atoms with E-state index in [0.29, 0.717) is 6.42 Å². The van der Waals surface area contributed by atoms with Crippen LogP contribution >= 0.6 is 0 Å². The molecule has 1 rings (SSSR count). The van der Waals surface area contributed by atoms with Crippen molar-refractivity contribution in [3.63, 3.8) is 0 Å². The summed E-state index contributed by atoms with van der Waals surface area (Å²) in [6.45, 7) is 0. The fraction of sp³-hybridized carbons (Fsp3) is 0.409. The van der Waals surface area contributed by atoms with Gasteiger partial charge < -0.3 is 73.1 Å². The van der Waals surface area contributed by atoms with Gasteiger partial charge in [-0.3, -0.25) is 19.2 Å². The molecule has 41 heavy (non-hydrogen) atoms. The number of hydrogen-bond donors (Lipinski definition) is 8. The zero-order chi connectivity index (χ0) is 32.0. The Labute approximate surface area is 264 Å². The molecule has 0 heterocycles. The number of hydrogen-bond acceptors (Lipinski definition) is 14. The second-order valence-corrected chi connectivity index (χ2v) is 7.53. The van der Waals surface area contributed by atoms with E-state index < -0.39 is 78.8 Å². The fourth-order valence-electron chi connectivity index (χ4n) is 1.89. The van der Waals surface area contributed by atoms with Crippen molar-refractivity contribution in [1.29, 1.82) is 0 Å². The largest absolute Gasteiger partial charge is 2.00 e. The van der Waals surface area contributed by atoms with Gasteiger partial charge in [0.05, 0.1) is 0 Å². The topological polar surface area (TPSA) is 374 Å². The number of carbonyl (C=O) groups is 7. The van der Waals surface area contributed by atoms with E-state index in [1.54, 1.807) is 0 Å². The van der Waals surface area contributed by atoms with Crippen molar-refractivity contribution < 1.29 is 70.7 Å². The normalized spacial score (nSPS) is 12.2. The molecular formula is C22H32CaN4O14. The average molecular weight is 617 g/mol. The zero-order valence-electron chi connectivity index (χ0n) is 22.6. The Bertz CT molecular complexity index is 955. The van der Waals surface area contributed by atoms with Gasteiger partial charge in [-0.05, 0) is 24.8 Å². The molecule has 18 nitrogen and oxygen atoms in total. The number of aliphatic carboxylic acids is 7. The summed E-state index contributed by atoms with van der Waals surface area (Å²) in [5.74, 6) is -9.01. The molecule has 19 heteroatoms. The van der Waals surface area contributed by atoms with E-state index >= 15 is 0 Å². The molecule has 0 aliphatic carbocycles. The van der Waals surface area contributed by atoms with E-state index in [-0.39, 0.29) is 52.0 Å². The number of rotatable bonds is 13. The molecule has 12 N–H and O–H groups in total. The predicted molar refractivity (Wildman–Crippen MR) is 133 cm³/mol. The van der Waals surface area contributed by atoms with Crippen molar-refractivity contribution in [2.24, 2.45) is 22.9 Å². The first-order valence-corrected chi connectivity index (χ1v) is 10.9. The van der Waals surface area contributed by atoms with E-state index in [2.05, 4.69) is 0 Å². The number of carbonyl (C=O) groups excluding carboxylic acids is 3. The van der Waals surface area contributed by atoms with Crippen molar-refractivity contribution in [1.82, 2.24) is 0 Å². The van der Waals surface area contributed by atoms with Crippen LogP contribution in [0.4, 0.5) is 0 Å². The third-order valence-electron chi connectivity index (χ3n) is 4.00. The van der Waals surface area contributed by atoms with Gasteiger partial charge in [0, 0.05) is 30.7 Å². The maximum absolute atomic E-state index is 10.4. The quantitative estimate of drug-likeness (QED) is 0.0954. The van der Waals surface area contributed by atoms with E-state index in [0.717, 1.165) is 5.56 Å². The Kier molecular flexibility index (Phi) is 27.8. The summed E-state index contributed by atoms with van der Waals surface area (Å²) in [5, 5.41) is 61.8. The predicted octanol–water partition coefficient (Wildman–Crippen LogP) is -6.62. The SMILES string of the molecule is N[C@@H](CC(=O)[O-])C(=O)O.N[C@@H](CC(=O)[O-])C(=O)O.N[C@@H](CCC(=O)[O-])C(=O)O.N[C@@H](Cc1ccccc1)C(=O)O.[Ca+2].[H+]. The van der Waals surface area contributed by atoms with Crippen LogP contribution in [-0.2, 0) is 40.0 Å². The molecule has 1 aromatic rings. The molecule has 0 amide bonds. The minimum atomic E-state index is -1.45. The molecule has 0 spiro atoms. The first-order chi connectivity index (χ1) is 18.3. The molecule has 4 atom stereocenters. The first-order valence-electron chi connectivity index (χ1n) is 10.9. The molecule has 0 aliphatic heterocycles. The summed E-state index contributed by atoms with van der Waals surface area (Å²) >= 11 is 0. The van der Waals surface area contributed by atoms with Crippen molar-refractivity contribution in [2.45, 2.75) is 56.3 Å². The standard InChI is InChI=1S/C9H11NO2.C5H9NO4.2C4H7NO4.Ca/c10-8(9(11)12)6-7-4-2-1-3-5-7;6-3(5(9)10)1-2-4(7)8;2*5-2(4(8)9)1-3(6)7;/h1-5,8H,6,10H2,(H,11,12);3H,1-2,6H2,(H,7,8)(H,9,10);2*2H,1,5H2,(H,6,7)(H,8,9);/q;;;;+2/p-2/t8-;3-;2*2-;/m0000./s1. The zero-order valence-corrected chi connectivity index (χ0v) is 23.8. The molecule has 0 aliphatic rings. The van der Waals surface area contributed by atoms with Gasteiger partial charge in [-0.15, -0.1) is 0 Å². The first kappa shape index (κ1) is 44.6. The van der Waals surface area contributed by atoms with Gasteiger partial charge in [0.1, 0.15) is 24.2 Å². The third kappa shape index (κ3) is 31.0. The van der Waals surface area contributed by atoms with E-state index in [1.807, 2.05) is 30.3 Å². The van der Waals surface area contributed by atoms with Crippen molar-refractivity contribution in [2.75, 3.05) is 0 Å². The minimum absolute atomic E-state index is 0. The van der Waals surface area contributed by atoms with Gasteiger partial charge in [-0.25, -0.2) is 0 Å². The van der Waals surface area contributed by atoms with Crippen LogP contribution in [0.2, 0.25) is 0 Å². The third-order valence-corrected chi connectivity index (χ3v) is 4.00. The summed E-state index contributed by atoms with van der Waals surface area (Å²) in [7, 11) is 0. The molecule has 0 fully saturated rings. The smallest absolute Gasteiger partial charge is 0.550 e. The van der Waals surface area contributed by atoms with Gasteiger partial charge in [0.25, 0.3) is 0 Å². The Balaban J connectivity index is -0.000000144. The maximum atomic E-state index is 10.4. The molecule has 0 bridgehead atoms. The van der Waals surface area contributed by atoms with Crippen LogP contribution in [0.1, 0.15) is 32.7 Å². The average Bonchev–Trinajstić information content (AvgIpc) is 2.83. The van der Waals surface area contributed by atoms with E-state index in [9.17, 15) is 48.9 Å². The molecule has 0 saturated heterocycles. The molecule has 0 saturated carbocycles. The maximum Gasteiger partial charge on any atom is 2.00 e. The van der Waals surface area contributed by atoms with Gasteiger partial charge in [0.15, 0.2) is 0 Å². The molecule has 226 valence electrons. The summed E-state index contributed by atoms with van der Waals surface area (Å²) in [6.07, 6.45) is -1.30. The van der Waals surface area contributed by atoms with Crippen LogP contribution < -0.4 is 38.3 Å². The summed E-state index contributed by atoms with van der Waals surface area (Å²) in [6, 6.07) is 4.74. The Morgan fingerprint density at radius 3 is 1.20 bits per heavy atom. The van der Waals surface area contributed by atoms with Crippen molar-refractivity contribution in [3.8, 4) is 0 Å².